The van der Waals surface area contributed by atoms with Crippen molar-refractivity contribution < 1.29 is 9.52 Å². The molecule has 0 bridgehead atoms. The van der Waals surface area contributed by atoms with E-state index in [1.54, 1.807) is 0 Å². The van der Waals surface area contributed by atoms with E-state index in [2.05, 4.69) is 15.5 Å². The highest BCUT2D eigenvalue weighted by Gasteiger charge is 2.32. The number of aliphatic hydroxyl groups is 1. The molecule has 112 valence electrons. The van der Waals surface area contributed by atoms with E-state index in [4.69, 9.17) is 4.42 Å². The highest BCUT2D eigenvalue weighted by molar-refractivity contribution is 5.51. The Hall–Kier alpha value is -1.72. The molecule has 0 aliphatic heterocycles. The molecular weight excluding hydrogens is 266 g/mol. The molecule has 0 atom stereocenters. The number of aliphatic hydroxyl groups excluding tert-OH is 1. The number of nitrogens with zero attached hydrogens (tertiary/aromatic N) is 2. The molecule has 1 aromatic carbocycles. The molecular formula is C16H21N3O2. The zero-order valence-electron chi connectivity index (χ0n) is 12.1. The second-order valence-electron chi connectivity index (χ2n) is 5.84. The number of hydrogen-bond donors (Lipinski definition) is 2. The lowest BCUT2D eigenvalue weighted by molar-refractivity contribution is 0.127. The summed E-state index contributed by atoms with van der Waals surface area (Å²) in [6, 6.07) is 9.75. The molecule has 1 aromatic heterocycles. The van der Waals surface area contributed by atoms with Crippen LogP contribution < -0.4 is 5.32 Å². The van der Waals surface area contributed by atoms with E-state index in [1.807, 2.05) is 30.3 Å². The van der Waals surface area contributed by atoms with Gasteiger partial charge in [-0.05, 0) is 25.0 Å². The standard InChI is InChI=1S/C16H21N3O2/c20-12-16(8-4-5-9-16)11-17-10-14-18-19-15(21-14)13-6-2-1-3-7-13/h1-3,6-7,17,20H,4-5,8-12H2. The van der Waals surface area contributed by atoms with E-state index < -0.39 is 0 Å². The molecule has 2 aromatic rings. The van der Waals surface area contributed by atoms with Crippen molar-refractivity contribution in [2.75, 3.05) is 13.2 Å². The van der Waals surface area contributed by atoms with E-state index in [1.165, 1.54) is 12.8 Å². The lowest BCUT2D eigenvalue weighted by Crippen LogP contribution is -2.34. The summed E-state index contributed by atoms with van der Waals surface area (Å²) in [7, 11) is 0. The van der Waals surface area contributed by atoms with Crippen LogP contribution in [0.1, 0.15) is 31.6 Å². The molecule has 1 aliphatic carbocycles. The first kappa shape index (κ1) is 14.2. The molecule has 0 radical (unpaired) electrons. The summed E-state index contributed by atoms with van der Waals surface area (Å²) in [5.74, 6) is 1.13. The van der Waals surface area contributed by atoms with Gasteiger partial charge in [0, 0.05) is 24.1 Å². The molecule has 5 nitrogen and oxygen atoms in total. The molecule has 0 amide bonds. The zero-order chi connectivity index (χ0) is 14.5. The Morgan fingerprint density at radius 2 is 1.90 bits per heavy atom. The number of aromatic nitrogens is 2. The molecule has 1 saturated carbocycles. The van der Waals surface area contributed by atoms with Gasteiger partial charge in [0.05, 0.1) is 6.54 Å². The van der Waals surface area contributed by atoms with Crippen LogP contribution in [0.3, 0.4) is 0 Å². The number of hydrogen-bond acceptors (Lipinski definition) is 5. The van der Waals surface area contributed by atoms with Crippen molar-refractivity contribution in [1.29, 1.82) is 0 Å². The molecule has 0 saturated heterocycles. The average Bonchev–Trinajstić information content (AvgIpc) is 3.18. The fraction of sp³-hybridized carbons (Fsp3) is 0.500. The Morgan fingerprint density at radius 1 is 1.14 bits per heavy atom. The van der Waals surface area contributed by atoms with Gasteiger partial charge in [0.15, 0.2) is 0 Å². The minimum absolute atomic E-state index is 0.0439. The summed E-state index contributed by atoms with van der Waals surface area (Å²) in [6.07, 6.45) is 4.60. The van der Waals surface area contributed by atoms with Gasteiger partial charge in [-0.15, -0.1) is 10.2 Å². The lowest BCUT2D eigenvalue weighted by Gasteiger charge is -2.26. The van der Waals surface area contributed by atoms with Crippen LogP contribution >= 0.6 is 0 Å². The SMILES string of the molecule is OCC1(CNCc2nnc(-c3ccccc3)o2)CCCC1. The molecule has 3 rings (SSSR count). The van der Waals surface area contributed by atoms with E-state index in [0.717, 1.165) is 24.9 Å². The number of nitrogens with one attached hydrogen (secondary N) is 1. The maximum Gasteiger partial charge on any atom is 0.247 e. The Bertz CT molecular complexity index is 562. The summed E-state index contributed by atoms with van der Waals surface area (Å²) in [5, 5.41) is 21.1. The van der Waals surface area contributed by atoms with Gasteiger partial charge >= 0.3 is 0 Å². The second kappa shape index (κ2) is 6.37. The smallest absolute Gasteiger partial charge is 0.247 e. The Kier molecular flexibility index (Phi) is 4.31. The Labute approximate surface area is 124 Å². The van der Waals surface area contributed by atoms with Crippen molar-refractivity contribution in [3.8, 4) is 11.5 Å². The number of rotatable bonds is 6. The quantitative estimate of drug-likeness (QED) is 0.853. The average molecular weight is 287 g/mol. The van der Waals surface area contributed by atoms with Crippen LogP contribution in [0.25, 0.3) is 11.5 Å². The predicted molar refractivity (Wildman–Crippen MR) is 79.4 cm³/mol. The third-order valence-corrected chi connectivity index (χ3v) is 4.26. The maximum atomic E-state index is 9.58. The molecule has 1 aliphatic rings. The van der Waals surface area contributed by atoms with Crippen molar-refractivity contribution in [3.63, 3.8) is 0 Å². The Balaban J connectivity index is 1.56. The summed E-state index contributed by atoms with van der Waals surface area (Å²) in [5.41, 5.74) is 0.973. The molecule has 5 heteroatoms. The van der Waals surface area contributed by atoms with Gasteiger partial charge in [-0.25, -0.2) is 0 Å². The molecule has 1 heterocycles. The van der Waals surface area contributed by atoms with Crippen LogP contribution in [0.5, 0.6) is 0 Å². The first-order chi connectivity index (χ1) is 10.3. The zero-order valence-corrected chi connectivity index (χ0v) is 12.1. The van der Waals surface area contributed by atoms with Crippen molar-refractivity contribution >= 4 is 0 Å². The van der Waals surface area contributed by atoms with Crippen molar-refractivity contribution in [2.45, 2.75) is 32.2 Å². The summed E-state index contributed by atoms with van der Waals surface area (Å²) in [6.45, 7) is 1.59. The first-order valence-electron chi connectivity index (χ1n) is 7.51. The summed E-state index contributed by atoms with van der Waals surface area (Å²) in [4.78, 5) is 0. The summed E-state index contributed by atoms with van der Waals surface area (Å²) >= 11 is 0. The van der Waals surface area contributed by atoms with Crippen molar-refractivity contribution in [3.05, 3.63) is 36.2 Å². The Morgan fingerprint density at radius 3 is 2.62 bits per heavy atom. The molecule has 21 heavy (non-hydrogen) atoms. The van der Waals surface area contributed by atoms with Crippen molar-refractivity contribution in [1.82, 2.24) is 15.5 Å². The van der Waals surface area contributed by atoms with Crippen LogP contribution in [0.4, 0.5) is 0 Å². The largest absolute Gasteiger partial charge is 0.419 e. The summed E-state index contributed by atoms with van der Waals surface area (Å²) < 4.78 is 5.65. The van der Waals surface area contributed by atoms with Gasteiger partial charge in [-0.3, -0.25) is 0 Å². The molecule has 1 fully saturated rings. The predicted octanol–water partition coefficient (Wildman–Crippen LogP) is 2.38. The van der Waals surface area contributed by atoms with Crippen LogP contribution in [0.2, 0.25) is 0 Å². The number of benzene rings is 1. The fourth-order valence-corrected chi connectivity index (χ4v) is 2.97. The monoisotopic (exact) mass is 287 g/mol. The minimum atomic E-state index is 0.0439. The van der Waals surface area contributed by atoms with E-state index in [-0.39, 0.29) is 12.0 Å². The lowest BCUT2D eigenvalue weighted by atomic mass is 9.87. The fourth-order valence-electron chi connectivity index (χ4n) is 2.97. The van der Waals surface area contributed by atoms with E-state index in [9.17, 15) is 5.11 Å². The van der Waals surface area contributed by atoms with Gasteiger partial charge in [0.25, 0.3) is 0 Å². The van der Waals surface area contributed by atoms with Crippen LogP contribution in [-0.2, 0) is 6.54 Å². The van der Waals surface area contributed by atoms with Crippen LogP contribution in [0, 0.1) is 5.41 Å². The van der Waals surface area contributed by atoms with Crippen LogP contribution in [0.15, 0.2) is 34.7 Å². The van der Waals surface area contributed by atoms with Crippen molar-refractivity contribution in [2.24, 2.45) is 5.41 Å². The molecule has 0 unspecified atom stereocenters. The van der Waals surface area contributed by atoms with Gasteiger partial charge in [-0.1, -0.05) is 31.0 Å². The van der Waals surface area contributed by atoms with E-state index in [0.29, 0.717) is 18.3 Å². The molecule has 2 N–H and O–H groups in total. The highest BCUT2D eigenvalue weighted by atomic mass is 16.4. The third-order valence-electron chi connectivity index (χ3n) is 4.26. The van der Waals surface area contributed by atoms with Crippen LogP contribution in [-0.4, -0.2) is 28.5 Å². The normalized spacial score (nSPS) is 17.2. The van der Waals surface area contributed by atoms with Gasteiger partial charge in [-0.2, -0.15) is 0 Å². The topological polar surface area (TPSA) is 71.2 Å². The first-order valence-corrected chi connectivity index (χ1v) is 7.51. The van der Waals surface area contributed by atoms with Gasteiger partial charge in [0.2, 0.25) is 11.8 Å². The second-order valence-corrected chi connectivity index (χ2v) is 5.84. The van der Waals surface area contributed by atoms with Gasteiger partial charge in [0.1, 0.15) is 0 Å². The minimum Gasteiger partial charge on any atom is -0.419 e. The highest BCUT2D eigenvalue weighted by Crippen LogP contribution is 2.36. The maximum absolute atomic E-state index is 9.58. The van der Waals surface area contributed by atoms with E-state index >= 15 is 0 Å². The third kappa shape index (κ3) is 3.31. The van der Waals surface area contributed by atoms with Gasteiger partial charge < -0.3 is 14.8 Å². The molecule has 0 spiro atoms.